The van der Waals surface area contributed by atoms with Crippen LogP contribution in [-0.2, 0) is 11.3 Å². The van der Waals surface area contributed by atoms with Crippen molar-refractivity contribution in [2.45, 2.75) is 25.0 Å². The summed E-state index contributed by atoms with van der Waals surface area (Å²) in [6, 6.07) is 18.3. The van der Waals surface area contributed by atoms with Crippen LogP contribution in [0.2, 0.25) is 0 Å². The first-order valence-corrected chi connectivity index (χ1v) is 9.99. The first kappa shape index (κ1) is 19.6. The minimum absolute atomic E-state index is 0.0314. The van der Waals surface area contributed by atoms with E-state index >= 15 is 0 Å². The molecule has 2 aromatic carbocycles. The van der Waals surface area contributed by atoms with Crippen molar-refractivity contribution in [2.24, 2.45) is 0 Å². The van der Waals surface area contributed by atoms with Crippen molar-refractivity contribution in [3.63, 3.8) is 0 Å². The topological polar surface area (TPSA) is 79.0 Å². The molecule has 1 amide bonds. The van der Waals surface area contributed by atoms with E-state index in [1.807, 2.05) is 43.3 Å². The summed E-state index contributed by atoms with van der Waals surface area (Å²) in [6.45, 7) is 2.50. The average Bonchev–Trinajstić information content (AvgIpc) is 2.73. The second-order valence-electron chi connectivity index (χ2n) is 6.13. The number of fused-ring (bicyclic) bond motifs is 1. The van der Waals surface area contributed by atoms with Crippen molar-refractivity contribution < 1.29 is 4.79 Å². The zero-order chi connectivity index (χ0) is 19.9. The largest absolute Gasteiger partial charge is 0.298 e. The summed E-state index contributed by atoms with van der Waals surface area (Å²) in [5.74, 6) is -0.117. The average molecular weight is 392 g/mol. The highest BCUT2D eigenvalue weighted by Gasteiger charge is 2.18. The van der Waals surface area contributed by atoms with E-state index in [0.717, 1.165) is 6.42 Å². The number of hydrogen-bond acceptors (Lipinski definition) is 5. The number of carbonyl (C=O) groups is 1. The van der Waals surface area contributed by atoms with Crippen molar-refractivity contribution in [3.8, 4) is 6.07 Å². The molecule has 0 bridgehead atoms. The maximum absolute atomic E-state index is 12.8. The van der Waals surface area contributed by atoms with Crippen LogP contribution < -0.4 is 10.5 Å². The van der Waals surface area contributed by atoms with Crippen LogP contribution in [0.1, 0.15) is 13.3 Å². The van der Waals surface area contributed by atoms with Gasteiger partial charge in [0.15, 0.2) is 5.16 Å². The zero-order valence-corrected chi connectivity index (χ0v) is 16.4. The summed E-state index contributed by atoms with van der Waals surface area (Å²) < 4.78 is 1.62. The van der Waals surface area contributed by atoms with Crippen LogP contribution in [0.15, 0.2) is 64.5 Å². The monoisotopic (exact) mass is 392 g/mol. The van der Waals surface area contributed by atoms with Crippen LogP contribution in [0.25, 0.3) is 10.9 Å². The SMILES string of the molecule is CCCn1c(SCC(=O)N(CC#N)c2ccccc2)nc2ccccc2c1=O. The normalized spacial score (nSPS) is 10.6. The zero-order valence-electron chi connectivity index (χ0n) is 15.5. The molecule has 0 aliphatic carbocycles. The molecule has 0 aliphatic rings. The lowest BCUT2D eigenvalue weighted by molar-refractivity contribution is -0.116. The molecule has 0 spiro atoms. The van der Waals surface area contributed by atoms with Crippen molar-refractivity contribution in [3.05, 3.63) is 65.0 Å². The molecule has 3 aromatic rings. The lowest BCUT2D eigenvalue weighted by Crippen LogP contribution is -2.33. The minimum atomic E-state index is -0.205. The van der Waals surface area contributed by atoms with Gasteiger partial charge in [-0.3, -0.25) is 19.1 Å². The third kappa shape index (κ3) is 4.24. The van der Waals surface area contributed by atoms with Gasteiger partial charge < -0.3 is 0 Å². The predicted octanol–water partition coefficient (Wildman–Crippen LogP) is 3.46. The number of rotatable bonds is 7. The molecule has 0 aliphatic heterocycles. The Hall–Kier alpha value is -3.11. The molecule has 0 unspecified atom stereocenters. The molecular weight excluding hydrogens is 372 g/mol. The Kier molecular flexibility index (Phi) is 6.45. The van der Waals surface area contributed by atoms with Crippen LogP contribution in [0, 0.1) is 11.3 Å². The Balaban J connectivity index is 1.88. The highest BCUT2D eigenvalue weighted by Crippen LogP contribution is 2.20. The second-order valence-corrected chi connectivity index (χ2v) is 7.07. The lowest BCUT2D eigenvalue weighted by atomic mass is 10.2. The van der Waals surface area contributed by atoms with Crippen LogP contribution in [0.3, 0.4) is 0 Å². The van der Waals surface area contributed by atoms with E-state index in [4.69, 9.17) is 5.26 Å². The molecule has 0 radical (unpaired) electrons. The molecule has 0 fully saturated rings. The summed E-state index contributed by atoms with van der Waals surface area (Å²) >= 11 is 1.22. The number of anilines is 1. The van der Waals surface area contributed by atoms with Gasteiger partial charge in [-0.25, -0.2) is 4.98 Å². The molecule has 0 saturated carbocycles. The third-order valence-corrected chi connectivity index (χ3v) is 5.16. The maximum Gasteiger partial charge on any atom is 0.262 e. The molecule has 1 heterocycles. The van der Waals surface area contributed by atoms with Gasteiger partial charge in [0.25, 0.3) is 5.56 Å². The number of hydrogen-bond donors (Lipinski definition) is 0. The van der Waals surface area contributed by atoms with E-state index in [1.165, 1.54) is 16.7 Å². The minimum Gasteiger partial charge on any atom is -0.298 e. The molecule has 0 atom stereocenters. The van der Waals surface area contributed by atoms with E-state index in [9.17, 15) is 9.59 Å². The Bertz CT molecular complexity index is 1070. The molecule has 7 heteroatoms. The highest BCUT2D eigenvalue weighted by molar-refractivity contribution is 7.99. The van der Waals surface area contributed by atoms with E-state index < -0.39 is 0 Å². The number of nitriles is 1. The number of thioether (sulfide) groups is 1. The first-order valence-electron chi connectivity index (χ1n) is 9.00. The quantitative estimate of drug-likeness (QED) is 0.350. The van der Waals surface area contributed by atoms with E-state index in [2.05, 4.69) is 4.98 Å². The summed E-state index contributed by atoms with van der Waals surface area (Å²) in [7, 11) is 0. The van der Waals surface area contributed by atoms with Crippen molar-refractivity contribution in [1.29, 1.82) is 5.26 Å². The van der Waals surface area contributed by atoms with Gasteiger partial charge in [0.1, 0.15) is 6.54 Å². The smallest absolute Gasteiger partial charge is 0.262 e. The Morgan fingerprint density at radius 1 is 1.18 bits per heavy atom. The molecular formula is C21H20N4O2S. The molecule has 28 heavy (non-hydrogen) atoms. The molecule has 142 valence electrons. The fourth-order valence-corrected chi connectivity index (χ4v) is 3.79. The third-order valence-electron chi connectivity index (χ3n) is 4.20. The van der Waals surface area contributed by atoms with Gasteiger partial charge in [-0.2, -0.15) is 5.26 Å². The van der Waals surface area contributed by atoms with Gasteiger partial charge in [0, 0.05) is 12.2 Å². The number of para-hydroxylation sites is 2. The summed E-state index contributed by atoms with van der Waals surface area (Å²) in [6.07, 6.45) is 0.784. The fraction of sp³-hybridized carbons (Fsp3) is 0.238. The van der Waals surface area contributed by atoms with Crippen molar-refractivity contribution in [1.82, 2.24) is 9.55 Å². The van der Waals surface area contributed by atoms with Crippen molar-refractivity contribution >= 4 is 34.3 Å². The van der Waals surface area contributed by atoms with Gasteiger partial charge in [0.2, 0.25) is 5.91 Å². The summed E-state index contributed by atoms with van der Waals surface area (Å²) in [5.41, 5.74) is 1.19. The van der Waals surface area contributed by atoms with Crippen LogP contribution >= 0.6 is 11.8 Å². The van der Waals surface area contributed by atoms with Crippen LogP contribution in [0.4, 0.5) is 5.69 Å². The number of carbonyl (C=O) groups excluding carboxylic acids is 1. The molecule has 6 nitrogen and oxygen atoms in total. The van der Waals surface area contributed by atoms with Gasteiger partial charge in [-0.15, -0.1) is 0 Å². The number of benzene rings is 2. The van der Waals surface area contributed by atoms with Crippen LogP contribution in [-0.4, -0.2) is 27.8 Å². The van der Waals surface area contributed by atoms with E-state index in [0.29, 0.717) is 28.3 Å². The fourth-order valence-electron chi connectivity index (χ4n) is 2.88. The predicted molar refractivity (Wildman–Crippen MR) is 111 cm³/mol. The van der Waals surface area contributed by atoms with Gasteiger partial charge >= 0.3 is 0 Å². The van der Waals surface area contributed by atoms with Crippen molar-refractivity contribution in [2.75, 3.05) is 17.2 Å². The van der Waals surface area contributed by atoms with E-state index in [1.54, 1.807) is 28.8 Å². The van der Waals surface area contributed by atoms with E-state index in [-0.39, 0.29) is 23.8 Å². The molecule has 0 N–H and O–H groups in total. The molecule has 0 saturated heterocycles. The number of aromatic nitrogens is 2. The lowest BCUT2D eigenvalue weighted by Gasteiger charge is -2.20. The number of nitrogens with zero attached hydrogens (tertiary/aromatic N) is 4. The highest BCUT2D eigenvalue weighted by atomic mass is 32.2. The molecule has 3 rings (SSSR count). The second kappa shape index (κ2) is 9.20. The van der Waals surface area contributed by atoms with Gasteiger partial charge in [-0.05, 0) is 30.7 Å². The first-order chi connectivity index (χ1) is 13.7. The Morgan fingerprint density at radius 2 is 1.89 bits per heavy atom. The standard InChI is InChI=1S/C21H20N4O2S/c1-2-13-25-20(27)17-10-6-7-11-18(17)23-21(25)28-15-19(26)24(14-12-22)16-8-4-3-5-9-16/h3-11H,2,13-15H2,1H3. The Morgan fingerprint density at radius 3 is 2.61 bits per heavy atom. The Labute approximate surface area is 167 Å². The summed E-state index contributed by atoms with van der Waals surface area (Å²) in [4.78, 5) is 31.6. The van der Waals surface area contributed by atoms with Crippen LogP contribution in [0.5, 0.6) is 0 Å². The molecule has 1 aromatic heterocycles. The van der Waals surface area contributed by atoms with Gasteiger partial charge in [-0.1, -0.05) is 49.0 Å². The number of amides is 1. The van der Waals surface area contributed by atoms with Gasteiger partial charge in [0.05, 0.1) is 22.7 Å². The maximum atomic E-state index is 12.8. The summed E-state index contributed by atoms with van der Waals surface area (Å²) in [5, 5.41) is 10.2.